The summed E-state index contributed by atoms with van der Waals surface area (Å²) in [6.07, 6.45) is 1.16. The van der Waals surface area contributed by atoms with Gasteiger partial charge in [-0.2, -0.15) is 0 Å². The average molecular weight is 362 g/mol. The summed E-state index contributed by atoms with van der Waals surface area (Å²) in [6.45, 7) is 13.7. The monoisotopic (exact) mass is 361 g/mol. The largest absolute Gasteiger partial charge is 0.492 e. The van der Waals surface area contributed by atoms with E-state index in [9.17, 15) is 0 Å². The van der Waals surface area contributed by atoms with Crippen molar-refractivity contribution in [3.8, 4) is 5.75 Å². The molecule has 5 nitrogen and oxygen atoms in total. The van der Waals surface area contributed by atoms with Crippen LogP contribution < -0.4 is 10.1 Å². The molecular weight excluding hydrogens is 326 g/mol. The van der Waals surface area contributed by atoms with Gasteiger partial charge in [-0.1, -0.05) is 32.9 Å². The third kappa shape index (κ3) is 6.20. The highest BCUT2D eigenvalue weighted by atomic mass is 16.5. The molecule has 1 aliphatic heterocycles. The Morgan fingerprint density at radius 2 is 2.15 bits per heavy atom. The van der Waals surface area contributed by atoms with Crippen molar-refractivity contribution in [2.75, 3.05) is 46.5 Å². The van der Waals surface area contributed by atoms with E-state index >= 15 is 0 Å². The molecule has 146 valence electrons. The number of benzene rings is 1. The first kappa shape index (κ1) is 20.6. The molecule has 1 N–H and O–H groups in total. The van der Waals surface area contributed by atoms with E-state index in [4.69, 9.17) is 9.47 Å². The molecule has 0 radical (unpaired) electrons. The second kappa shape index (κ2) is 9.81. The Kier molecular flexibility index (Phi) is 7.76. The van der Waals surface area contributed by atoms with Crippen LogP contribution in [0.25, 0.3) is 0 Å². The van der Waals surface area contributed by atoms with Crippen molar-refractivity contribution < 1.29 is 9.47 Å². The number of ether oxygens (including phenoxy) is 2. The zero-order chi connectivity index (χ0) is 19.0. The van der Waals surface area contributed by atoms with E-state index in [1.165, 1.54) is 5.56 Å². The molecule has 0 spiro atoms. The summed E-state index contributed by atoms with van der Waals surface area (Å²) < 4.78 is 11.5. The van der Waals surface area contributed by atoms with Gasteiger partial charge < -0.3 is 19.7 Å². The maximum Gasteiger partial charge on any atom is 0.193 e. The maximum atomic E-state index is 5.92. The molecule has 0 aromatic heterocycles. The SMILES string of the molecule is CCOCC1CCN(C(=NC)NCCOc2cccc(C(C)(C)C)c2)C1. The highest BCUT2D eigenvalue weighted by Gasteiger charge is 2.24. The molecular formula is C21H35N3O2. The summed E-state index contributed by atoms with van der Waals surface area (Å²) in [4.78, 5) is 6.72. The van der Waals surface area contributed by atoms with Gasteiger partial charge >= 0.3 is 0 Å². The summed E-state index contributed by atoms with van der Waals surface area (Å²) in [7, 11) is 1.84. The standard InChI is InChI=1S/C21H35N3O2/c1-6-25-16-17-10-12-24(15-17)20(22-5)23-11-13-26-19-9-7-8-18(14-19)21(2,3)4/h7-9,14,17H,6,10-13,15-16H2,1-5H3,(H,22,23). The fourth-order valence-electron chi connectivity index (χ4n) is 3.16. The second-order valence-electron chi connectivity index (χ2n) is 7.86. The minimum Gasteiger partial charge on any atom is -0.492 e. The third-order valence-corrected chi connectivity index (χ3v) is 4.71. The lowest BCUT2D eigenvalue weighted by molar-refractivity contribution is 0.114. The van der Waals surface area contributed by atoms with Crippen LogP contribution >= 0.6 is 0 Å². The van der Waals surface area contributed by atoms with E-state index < -0.39 is 0 Å². The normalized spacial score (nSPS) is 18.3. The van der Waals surface area contributed by atoms with Gasteiger partial charge in [0.2, 0.25) is 0 Å². The number of likely N-dealkylation sites (tertiary alicyclic amines) is 1. The highest BCUT2D eigenvalue weighted by Crippen LogP contribution is 2.25. The summed E-state index contributed by atoms with van der Waals surface area (Å²) in [5.74, 6) is 2.48. The van der Waals surface area contributed by atoms with Crippen molar-refractivity contribution in [2.24, 2.45) is 10.9 Å². The van der Waals surface area contributed by atoms with Gasteiger partial charge in [-0.25, -0.2) is 0 Å². The van der Waals surface area contributed by atoms with Crippen LogP contribution in [0, 0.1) is 5.92 Å². The van der Waals surface area contributed by atoms with Crippen LogP contribution in [0.15, 0.2) is 29.3 Å². The molecule has 1 saturated heterocycles. The molecule has 0 amide bonds. The Morgan fingerprint density at radius 3 is 2.85 bits per heavy atom. The molecule has 1 fully saturated rings. The smallest absolute Gasteiger partial charge is 0.193 e. The van der Waals surface area contributed by atoms with Crippen LogP contribution in [0.3, 0.4) is 0 Å². The Bertz CT molecular complexity index is 581. The molecule has 0 saturated carbocycles. The summed E-state index contributed by atoms with van der Waals surface area (Å²) >= 11 is 0. The van der Waals surface area contributed by atoms with E-state index in [2.05, 4.69) is 54.2 Å². The molecule has 1 unspecified atom stereocenters. The molecule has 1 aromatic rings. The molecule has 1 atom stereocenters. The van der Waals surface area contributed by atoms with Gasteiger partial charge in [-0.15, -0.1) is 0 Å². The Balaban J connectivity index is 1.75. The van der Waals surface area contributed by atoms with E-state index in [-0.39, 0.29) is 5.41 Å². The minimum absolute atomic E-state index is 0.132. The fraction of sp³-hybridized carbons (Fsp3) is 0.667. The molecule has 26 heavy (non-hydrogen) atoms. The number of rotatable bonds is 7. The Labute approximate surface area is 158 Å². The van der Waals surface area contributed by atoms with Crippen LogP contribution in [0.4, 0.5) is 0 Å². The fourth-order valence-corrected chi connectivity index (χ4v) is 3.16. The number of nitrogens with one attached hydrogen (secondary N) is 1. The van der Waals surface area contributed by atoms with E-state index in [0.29, 0.717) is 12.5 Å². The third-order valence-electron chi connectivity index (χ3n) is 4.71. The van der Waals surface area contributed by atoms with Gasteiger partial charge in [-0.05, 0) is 36.5 Å². The van der Waals surface area contributed by atoms with Gasteiger partial charge in [-0.3, -0.25) is 4.99 Å². The number of hydrogen-bond acceptors (Lipinski definition) is 3. The molecule has 1 heterocycles. The van der Waals surface area contributed by atoms with Crippen LogP contribution in [0.2, 0.25) is 0 Å². The zero-order valence-electron chi connectivity index (χ0n) is 17.0. The zero-order valence-corrected chi connectivity index (χ0v) is 17.0. The minimum atomic E-state index is 0.132. The van der Waals surface area contributed by atoms with Crippen molar-refractivity contribution in [3.63, 3.8) is 0 Å². The first-order valence-corrected chi connectivity index (χ1v) is 9.70. The number of guanidine groups is 1. The van der Waals surface area contributed by atoms with E-state index in [1.807, 2.05) is 20.0 Å². The van der Waals surface area contributed by atoms with Crippen LogP contribution in [-0.2, 0) is 10.2 Å². The van der Waals surface area contributed by atoms with Crippen LogP contribution in [-0.4, -0.2) is 57.4 Å². The van der Waals surface area contributed by atoms with Crippen molar-refractivity contribution >= 4 is 5.96 Å². The predicted molar refractivity (Wildman–Crippen MR) is 108 cm³/mol. The van der Waals surface area contributed by atoms with Gasteiger partial charge in [0.1, 0.15) is 12.4 Å². The first-order chi connectivity index (χ1) is 12.4. The maximum absolute atomic E-state index is 5.92. The van der Waals surface area contributed by atoms with Crippen molar-refractivity contribution in [2.45, 2.75) is 39.5 Å². The van der Waals surface area contributed by atoms with Crippen molar-refractivity contribution in [1.82, 2.24) is 10.2 Å². The predicted octanol–water partition coefficient (Wildman–Crippen LogP) is 3.30. The van der Waals surface area contributed by atoms with Crippen molar-refractivity contribution in [1.29, 1.82) is 0 Å². The lowest BCUT2D eigenvalue weighted by Crippen LogP contribution is -2.41. The quantitative estimate of drug-likeness (QED) is 0.460. The van der Waals surface area contributed by atoms with E-state index in [1.54, 1.807) is 0 Å². The molecule has 0 bridgehead atoms. The summed E-state index contributed by atoms with van der Waals surface area (Å²) in [6, 6.07) is 8.36. The number of hydrogen-bond donors (Lipinski definition) is 1. The van der Waals surface area contributed by atoms with Crippen LogP contribution in [0.5, 0.6) is 5.75 Å². The van der Waals surface area contributed by atoms with E-state index in [0.717, 1.165) is 51.0 Å². The van der Waals surface area contributed by atoms with Crippen molar-refractivity contribution in [3.05, 3.63) is 29.8 Å². The average Bonchev–Trinajstić information content (AvgIpc) is 3.08. The topological polar surface area (TPSA) is 46.1 Å². The van der Waals surface area contributed by atoms with Gasteiger partial charge in [0.25, 0.3) is 0 Å². The highest BCUT2D eigenvalue weighted by molar-refractivity contribution is 5.80. The first-order valence-electron chi connectivity index (χ1n) is 9.70. The number of nitrogens with zero attached hydrogens (tertiary/aromatic N) is 2. The summed E-state index contributed by atoms with van der Waals surface area (Å²) in [5.41, 5.74) is 1.42. The Morgan fingerprint density at radius 1 is 1.35 bits per heavy atom. The van der Waals surface area contributed by atoms with Gasteiger partial charge in [0, 0.05) is 32.7 Å². The summed E-state index contributed by atoms with van der Waals surface area (Å²) in [5, 5.41) is 3.41. The van der Waals surface area contributed by atoms with Crippen LogP contribution in [0.1, 0.15) is 39.7 Å². The van der Waals surface area contributed by atoms with Gasteiger partial charge in [0.05, 0.1) is 13.2 Å². The molecule has 1 aromatic carbocycles. The molecule has 0 aliphatic carbocycles. The lowest BCUT2D eigenvalue weighted by atomic mass is 9.87. The van der Waals surface area contributed by atoms with Gasteiger partial charge in [0.15, 0.2) is 5.96 Å². The Hall–Kier alpha value is -1.75. The lowest BCUT2D eigenvalue weighted by Gasteiger charge is -2.22. The number of aliphatic imine (C=N–C) groups is 1. The molecule has 5 heteroatoms. The molecule has 1 aliphatic rings. The second-order valence-corrected chi connectivity index (χ2v) is 7.86. The molecule has 2 rings (SSSR count).